The standard InChI is InChI=1S/C19H13F3N4S2/c1-11-6-13(15-9-24-17(28-15)12-3-5-27-10-12)8-14(7-11)25-18-23-4-2-16(26-18)19(20,21)22/h2-10H,1H3,(H,23,25,26). The van der Waals surface area contributed by atoms with E-state index in [1.54, 1.807) is 28.9 Å². The van der Waals surface area contributed by atoms with Crippen molar-refractivity contribution in [1.29, 1.82) is 0 Å². The smallest absolute Gasteiger partial charge is 0.324 e. The highest BCUT2D eigenvalue weighted by molar-refractivity contribution is 7.18. The van der Waals surface area contributed by atoms with Crippen molar-refractivity contribution in [2.24, 2.45) is 0 Å². The Labute approximate surface area is 166 Å². The Morgan fingerprint density at radius 1 is 1.04 bits per heavy atom. The lowest BCUT2D eigenvalue weighted by atomic mass is 10.1. The zero-order valence-electron chi connectivity index (χ0n) is 14.5. The average molecular weight is 418 g/mol. The van der Waals surface area contributed by atoms with Gasteiger partial charge in [-0.25, -0.2) is 15.0 Å². The third-order valence-corrected chi connectivity index (χ3v) is 5.62. The second kappa shape index (κ2) is 7.33. The molecule has 1 N–H and O–H groups in total. The van der Waals surface area contributed by atoms with Gasteiger partial charge in [0.05, 0.1) is 4.88 Å². The van der Waals surface area contributed by atoms with Crippen LogP contribution in [-0.2, 0) is 6.18 Å². The van der Waals surface area contributed by atoms with Gasteiger partial charge in [0.25, 0.3) is 0 Å². The lowest BCUT2D eigenvalue weighted by Crippen LogP contribution is -2.10. The minimum Gasteiger partial charge on any atom is -0.324 e. The van der Waals surface area contributed by atoms with E-state index in [1.807, 2.05) is 41.9 Å². The molecule has 0 saturated heterocycles. The average Bonchev–Trinajstić information content (AvgIpc) is 3.32. The molecule has 4 nitrogen and oxygen atoms in total. The molecule has 4 rings (SSSR count). The van der Waals surface area contributed by atoms with E-state index < -0.39 is 11.9 Å². The van der Waals surface area contributed by atoms with Crippen LogP contribution >= 0.6 is 22.7 Å². The fraction of sp³-hybridized carbons (Fsp3) is 0.105. The van der Waals surface area contributed by atoms with E-state index >= 15 is 0 Å². The quantitative estimate of drug-likeness (QED) is 0.417. The fourth-order valence-electron chi connectivity index (χ4n) is 2.63. The van der Waals surface area contributed by atoms with Gasteiger partial charge in [-0.3, -0.25) is 0 Å². The molecule has 0 aliphatic rings. The Kier molecular flexibility index (Phi) is 4.86. The van der Waals surface area contributed by atoms with Crippen LogP contribution in [0.3, 0.4) is 0 Å². The van der Waals surface area contributed by atoms with Gasteiger partial charge < -0.3 is 5.32 Å². The van der Waals surface area contributed by atoms with Gasteiger partial charge in [0.1, 0.15) is 10.7 Å². The molecule has 0 aliphatic carbocycles. The number of anilines is 2. The van der Waals surface area contributed by atoms with Crippen LogP contribution < -0.4 is 5.32 Å². The van der Waals surface area contributed by atoms with E-state index in [1.165, 1.54) is 0 Å². The molecule has 0 unspecified atom stereocenters. The second-order valence-electron chi connectivity index (χ2n) is 6.02. The van der Waals surface area contributed by atoms with Gasteiger partial charge in [0, 0.05) is 29.0 Å². The number of alkyl halides is 3. The first-order chi connectivity index (χ1) is 13.4. The van der Waals surface area contributed by atoms with E-state index in [0.717, 1.165) is 38.8 Å². The zero-order valence-corrected chi connectivity index (χ0v) is 16.1. The topological polar surface area (TPSA) is 50.7 Å². The normalized spacial score (nSPS) is 11.6. The maximum absolute atomic E-state index is 12.9. The van der Waals surface area contributed by atoms with Crippen molar-refractivity contribution in [1.82, 2.24) is 15.0 Å². The Morgan fingerprint density at radius 2 is 1.89 bits per heavy atom. The molecule has 0 atom stereocenters. The molecule has 3 heterocycles. The summed E-state index contributed by atoms with van der Waals surface area (Å²) >= 11 is 3.17. The van der Waals surface area contributed by atoms with Gasteiger partial charge >= 0.3 is 6.18 Å². The summed E-state index contributed by atoms with van der Waals surface area (Å²) in [6.07, 6.45) is -1.62. The van der Waals surface area contributed by atoms with Crippen molar-refractivity contribution in [2.45, 2.75) is 13.1 Å². The molecule has 0 radical (unpaired) electrons. The highest BCUT2D eigenvalue weighted by atomic mass is 32.1. The molecule has 4 aromatic rings. The van der Waals surface area contributed by atoms with E-state index in [0.29, 0.717) is 5.69 Å². The third kappa shape index (κ3) is 4.05. The Bertz CT molecular complexity index is 1100. The minimum absolute atomic E-state index is 0.102. The first-order valence-corrected chi connectivity index (χ1v) is 9.92. The molecule has 142 valence electrons. The molecule has 0 bridgehead atoms. The number of thiazole rings is 1. The Morgan fingerprint density at radius 3 is 2.64 bits per heavy atom. The molecular formula is C19H13F3N4S2. The number of nitrogens with zero attached hydrogens (tertiary/aromatic N) is 3. The molecule has 0 amide bonds. The molecule has 1 aromatic carbocycles. The number of rotatable bonds is 4. The second-order valence-corrected chi connectivity index (χ2v) is 7.83. The SMILES string of the molecule is Cc1cc(Nc2nccc(C(F)(F)F)n2)cc(-c2cnc(-c3ccsc3)s2)c1. The van der Waals surface area contributed by atoms with Crippen molar-refractivity contribution in [3.05, 3.63) is 64.7 Å². The highest BCUT2D eigenvalue weighted by Gasteiger charge is 2.32. The molecule has 28 heavy (non-hydrogen) atoms. The lowest BCUT2D eigenvalue weighted by molar-refractivity contribution is -0.141. The van der Waals surface area contributed by atoms with E-state index in [2.05, 4.69) is 20.3 Å². The van der Waals surface area contributed by atoms with Crippen LogP contribution in [0.4, 0.5) is 24.8 Å². The summed E-state index contributed by atoms with van der Waals surface area (Å²) < 4.78 is 38.6. The maximum atomic E-state index is 12.9. The monoisotopic (exact) mass is 418 g/mol. The first-order valence-electron chi connectivity index (χ1n) is 8.16. The predicted octanol–water partition coefficient (Wildman–Crippen LogP) is 6.40. The summed E-state index contributed by atoms with van der Waals surface area (Å²) in [4.78, 5) is 12.9. The Balaban J connectivity index is 1.63. The van der Waals surface area contributed by atoms with Gasteiger partial charge in [-0.15, -0.1) is 11.3 Å². The Hall–Kier alpha value is -2.78. The van der Waals surface area contributed by atoms with E-state index in [-0.39, 0.29) is 5.95 Å². The van der Waals surface area contributed by atoms with Gasteiger partial charge in [-0.1, -0.05) is 6.07 Å². The van der Waals surface area contributed by atoms with Crippen LogP contribution in [0.1, 0.15) is 11.3 Å². The minimum atomic E-state index is -4.52. The number of benzene rings is 1. The van der Waals surface area contributed by atoms with Gasteiger partial charge in [0.15, 0.2) is 0 Å². The number of aromatic nitrogens is 3. The van der Waals surface area contributed by atoms with Crippen LogP contribution in [0.2, 0.25) is 0 Å². The zero-order chi connectivity index (χ0) is 19.7. The largest absolute Gasteiger partial charge is 0.433 e. The lowest BCUT2D eigenvalue weighted by Gasteiger charge is -2.10. The van der Waals surface area contributed by atoms with Crippen molar-refractivity contribution in [2.75, 3.05) is 5.32 Å². The summed E-state index contributed by atoms with van der Waals surface area (Å²) in [5, 5.41) is 7.83. The predicted molar refractivity (Wildman–Crippen MR) is 106 cm³/mol. The third-order valence-electron chi connectivity index (χ3n) is 3.84. The van der Waals surface area contributed by atoms with Crippen LogP contribution in [0.15, 0.2) is 53.5 Å². The molecule has 0 fully saturated rings. The molecule has 0 aliphatic heterocycles. The number of nitrogens with one attached hydrogen (secondary N) is 1. The molecule has 0 saturated carbocycles. The molecule has 0 spiro atoms. The van der Waals surface area contributed by atoms with Crippen molar-refractivity contribution in [3.63, 3.8) is 0 Å². The maximum Gasteiger partial charge on any atom is 0.433 e. The molecular weight excluding hydrogens is 405 g/mol. The van der Waals surface area contributed by atoms with Crippen LogP contribution in [0.25, 0.3) is 21.0 Å². The number of thiophene rings is 1. The van der Waals surface area contributed by atoms with Gasteiger partial charge in [-0.05, 0) is 47.7 Å². The van der Waals surface area contributed by atoms with Crippen LogP contribution in [0.5, 0.6) is 0 Å². The van der Waals surface area contributed by atoms with Crippen molar-refractivity contribution in [3.8, 4) is 21.0 Å². The van der Waals surface area contributed by atoms with Gasteiger partial charge in [-0.2, -0.15) is 24.5 Å². The summed E-state index contributed by atoms with van der Waals surface area (Å²) in [6.45, 7) is 1.92. The van der Waals surface area contributed by atoms with Crippen LogP contribution in [-0.4, -0.2) is 15.0 Å². The molecule has 3 aromatic heterocycles. The number of hydrogen-bond acceptors (Lipinski definition) is 6. The summed E-state index contributed by atoms with van der Waals surface area (Å²) in [7, 11) is 0. The summed E-state index contributed by atoms with van der Waals surface area (Å²) in [5.74, 6) is -0.102. The van der Waals surface area contributed by atoms with Crippen molar-refractivity contribution < 1.29 is 13.2 Å². The molecule has 9 heteroatoms. The highest BCUT2D eigenvalue weighted by Crippen LogP contribution is 2.35. The van der Waals surface area contributed by atoms with E-state index in [4.69, 9.17) is 0 Å². The first kappa shape index (κ1) is 18.6. The van der Waals surface area contributed by atoms with E-state index in [9.17, 15) is 13.2 Å². The number of halogens is 3. The summed E-state index contributed by atoms with van der Waals surface area (Å²) in [6, 6.07) is 8.54. The summed E-state index contributed by atoms with van der Waals surface area (Å²) in [5.41, 5.74) is 2.58. The van der Waals surface area contributed by atoms with Gasteiger partial charge in [0.2, 0.25) is 5.95 Å². The number of aryl methyl sites for hydroxylation is 1. The fourth-order valence-corrected chi connectivity index (χ4v) is 4.25. The van der Waals surface area contributed by atoms with Crippen molar-refractivity contribution >= 4 is 34.3 Å². The van der Waals surface area contributed by atoms with Crippen LogP contribution in [0, 0.1) is 6.92 Å². The number of hydrogen-bond donors (Lipinski definition) is 1.